The van der Waals surface area contributed by atoms with Gasteiger partial charge in [-0.25, -0.2) is 4.98 Å². The van der Waals surface area contributed by atoms with Crippen LogP contribution in [-0.4, -0.2) is 23.4 Å². The van der Waals surface area contributed by atoms with Crippen LogP contribution in [0.4, 0.5) is 5.69 Å². The number of carbonyl (C=O) groups is 2. The van der Waals surface area contributed by atoms with Gasteiger partial charge in [0.2, 0.25) is 11.8 Å². The first-order valence-corrected chi connectivity index (χ1v) is 10.2. The number of carbonyl (C=O) groups excluding carboxylic acids is 2. The van der Waals surface area contributed by atoms with Gasteiger partial charge >= 0.3 is 0 Å². The summed E-state index contributed by atoms with van der Waals surface area (Å²) in [5.74, 6) is 1.31. The van der Waals surface area contributed by atoms with Crippen molar-refractivity contribution in [3.05, 3.63) is 65.5 Å². The zero-order valence-electron chi connectivity index (χ0n) is 18.2. The normalized spacial score (nSPS) is 10.7. The molecular weight excluding hydrogens is 394 g/mol. The molecule has 0 saturated heterocycles. The molecule has 0 fully saturated rings. The van der Waals surface area contributed by atoms with E-state index >= 15 is 0 Å². The van der Waals surface area contributed by atoms with Crippen molar-refractivity contribution in [1.82, 2.24) is 10.3 Å². The van der Waals surface area contributed by atoms with Crippen molar-refractivity contribution in [2.24, 2.45) is 5.92 Å². The minimum atomic E-state index is -0.265. The number of hydrogen-bond acceptors (Lipinski definition) is 5. The average molecular weight is 421 g/mol. The lowest BCUT2D eigenvalue weighted by atomic mass is 10.2. The maximum atomic E-state index is 12.2. The molecule has 0 spiro atoms. The maximum absolute atomic E-state index is 12.2. The molecule has 162 valence electrons. The van der Waals surface area contributed by atoms with Crippen LogP contribution in [0, 0.1) is 19.8 Å². The molecule has 2 amide bonds. The number of aryl methyl sites for hydroxylation is 2. The van der Waals surface area contributed by atoms with Gasteiger partial charge in [0.05, 0.1) is 6.54 Å². The van der Waals surface area contributed by atoms with E-state index < -0.39 is 0 Å². The molecule has 0 aliphatic rings. The summed E-state index contributed by atoms with van der Waals surface area (Å²) in [6.07, 6.45) is 0. The number of amides is 2. The number of aromatic nitrogens is 1. The lowest BCUT2D eigenvalue weighted by molar-refractivity contribution is -0.124. The number of oxazole rings is 1. The molecule has 2 aromatic carbocycles. The third-order valence-electron chi connectivity index (χ3n) is 4.63. The molecule has 0 bridgehead atoms. The highest BCUT2D eigenvalue weighted by Crippen LogP contribution is 2.24. The summed E-state index contributed by atoms with van der Waals surface area (Å²) in [5.41, 5.74) is 3.13. The molecule has 3 rings (SSSR count). The third-order valence-corrected chi connectivity index (χ3v) is 4.63. The summed E-state index contributed by atoms with van der Waals surface area (Å²) >= 11 is 0. The number of anilines is 1. The summed E-state index contributed by atoms with van der Waals surface area (Å²) in [6.45, 7) is 7.68. The quantitative estimate of drug-likeness (QED) is 0.567. The molecule has 7 heteroatoms. The second-order valence-corrected chi connectivity index (χ2v) is 7.63. The molecule has 3 aromatic rings. The predicted octanol–water partition coefficient (Wildman–Crippen LogP) is 4.25. The summed E-state index contributed by atoms with van der Waals surface area (Å²) in [5, 5.41) is 5.66. The SMILES string of the molecule is Cc1ccc(OCC(=O)Nc2cccc(-c3nc(CNC(=O)C(C)C)c(C)o3)c2)cc1. The number of ether oxygens (including phenoxy) is 1. The van der Waals surface area contributed by atoms with Crippen LogP contribution >= 0.6 is 0 Å². The Morgan fingerprint density at radius 2 is 1.84 bits per heavy atom. The smallest absolute Gasteiger partial charge is 0.262 e. The number of nitrogens with zero attached hydrogens (tertiary/aromatic N) is 1. The van der Waals surface area contributed by atoms with E-state index in [-0.39, 0.29) is 24.3 Å². The maximum Gasteiger partial charge on any atom is 0.262 e. The van der Waals surface area contributed by atoms with Crippen LogP contribution in [0.15, 0.2) is 52.9 Å². The van der Waals surface area contributed by atoms with Gasteiger partial charge in [-0.3, -0.25) is 9.59 Å². The van der Waals surface area contributed by atoms with Gasteiger partial charge in [0.15, 0.2) is 6.61 Å². The number of benzene rings is 2. The molecule has 0 unspecified atom stereocenters. The van der Waals surface area contributed by atoms with E-state index in [9.17, 15) is 9.59 Å². The fourth-order valence-electron chi connectivity index (χ4n) is 2.80. The Kier molecular flexibility index (Phi) is 7.07. The number of nitrogens with one attached hydrogen (secondary N) is 2. The van der Waals surface area contributed by atoms with Crippen molar-refractivity contribution in [3.63, 3.8) is 0 Å². The molecule has 1 heterocycles. The summed E-state index contributed by atoms with van der Waals surface area (Å²) in [4.78, 5) is 28.5. The van der Waals surface area contributed by atoms with E-state index in [1.165, 1.54) is 0 Å². The van der Waals surface area contributed by atoms with Crippen LogP contribution in [-0.2, 0) is 16.1 Å². The predicted molar refractivity (Wildman–Crippen MR) is 119 cm³/mol. The molecule has 2 N–H and O–H groups in total. The Morgan fingerprint density at radius 3 is 2.55 bits per heavy atom. The topological polar surface area (TPSA) is 93.5 Å². The molecule has 0 aliphatic heterocycles. The van der Waals surface area contributed by atoms with Crippen molar-refractivity contribution >= 4 is 17.5 Å². The van der Waals surface area contributed by atoms with Crippen molar-refractivity contribution in [3.8, 4) is 17.2 Å². The molecule has 1 aromatic heterocycles. The zero-order chi connectivity index (χ0) is 22.4. The van der Waals surface area contributed by atoms with Crippen molar-refractivity contribution in [2.45, 2.75) is 34.2 Å². The molecule has 31 heavy (non-hydrogen) atoms. The zero-order valence-corrected chi connectivity index (χ0v) is 18.2. The highest BCUT2D eigenvalue weighted by molar-refractivity contribution is 5.92. The lowest BCUT2D eigenvalue weighted by Gasteiger charge is -2.08. The van der Waals surface area contributed by atoms with Crippen LogP contribution in [0.5, 0.6) is 5.75 Å². The van der Waals surface area contributed by atoms with Crippen LogP contribution in [0.25, 0.3) is 11.5 Å². The van der Waals surface area contributed by atoms with Gasteiger partial charge in [0, 0.05) is 17.2 Å². The van der Waals surface area contributed by atoms with Crippen LogP contribution < -0.4 is 15.4 Å². The van der Waals surface area contributed by atoms with Gasteiger partial charge in [0.1, 0.15) is 17.2 Å². The second-order valence-electron chi connectivity index (χ2n) is 7.63. The van der Waals surface area contributed by atoms with Gasteiger partial charge in [-0.15, -0.1) is 0 Å². The van der Waals surface area contributed by atoms with E-state index in [1.54, 1.807) is 19.1 Å². The van der Waals surface area contributed by atoms with E-state index in [2.05, 4.69) is 15.6 Å². The largest absolute Gasteiger partial charge is 0.484 e. The summed E-state index contributed by atoms with van der Waals surface area (Å²) in [6, 6.07) is 14.7. The molecule has 7 nitrogen and oxygen atoms in total. The Labute approximate surface area is 181 Å². The Balaban J connectivity index is 1.62. The van der Waals surface area contributed by atoms with Crippen LogP contribution in [0.3, 0.4) is 0 Å². The molecule has 0 aliphatic carbocycles. The third kappa shape index (κ3) is 6.18. The fourth-order valence-corrected chi connectivity index (χ4v) is 2.80. The first-order chi connectivity index (χ1) is 14.8. The van der Waals surface area contributed by atoms with E-state index in [4.69, 9.17) is 9.15 Å². The summed E-state index contributed by atoms with van der Waals surface area (Å²) < 4.78 is 11.3. The van der Waals surface area contributed by atoms with E-state index in [0.717, 1.165) is 11.1 Å². The standard InChI is InChI=1S/C24H27N3O4/c1-15(2)23(29)25-13-21-17(4)31-24(27-21)18-6-5-7-19(12-18)26-22(28)14-30-20-10-8-16(3)9-11-20/h5-12,15H,13-14H2,1-4H3,(H,25,29)(H,26,28). The number of rotatable bonds is 8. The van der Waals surface area contributed by atoms with Crippen molar-refractivity contribution in [1.29, 1.82) is 0 Å². The molecular formula is C24H27N3O4. The highest BCUT2D eigenvalue weighted by atomic mass is 16.5. The lowest BCUT2D eigenvalue weighted by Crippen LogP contribution is -2.27. The second kappa shape index (κ2) is 9.93. The number of hydrogen-bond donors (Lipinski definition) is 2. The van der Waals surface area contributed by atoms with Gasteiger partial charge in [-0.1, -0.05) is 37.6 Å². The monoisotopic (exact) mass is 421 g/mol. The van der Waals surface area contributed by atoms with Crippen molar-refractivity contribution < 1.29 is 18.7 Å². The first kappa shape index (κ1) is 22.1. The van der Waals surface area contributed by atoms with E-state index in [1.807, 2.05) is 57.2 Å². The molecule has 0 saturated carbocycles. The first-order valence-electron chi connectivity index (χ1n) is 10.2. The van der Waals surface area contributed by atoms with Gasteiger partial charge in [-0.2, -0.15) is 0 Å². The van der Waals surface area contributed by atoms with E-state index in [0.29, 0.717) is 35.3 Å². The van der Waals surface area contributed by atoms with Gasteiger partial charge < -0.3 is 19.8 Å². The van der Waals surface area contributed by atoms with Crippen LogP contribution in [0.1, 0.15) is 30.9 Å². The Morgan fingerprint density at radius 1 is 1.10 bits per heavy atom. The highest BCUT2D eigenvalue weighted by Gasteiger charge is 2.14. The minimum absolute atomic E-state index is 0.0403. The molecule has 0 atom stereocenters. The van der Waals surface area contributed by atoms with Gasteiger partial charge in [0.25, 0.3) is 5.91 Å². The minimum Gasteiger partial charge on any atom is -0.484 e. The Bertz CT molecular complexity index is 1050. The van der Waals surface area contributed by atoms with Crippen LogP contribution in [0.2, 0.25) is 0 Å². The summed E-state index contributed by atoms with van der Waals surface area (Å²) in [7, 11) is 0. The molecule has 0 radical (unpaired) electrons. The average Bonchev–Trinajstić information content (AvgIpc) is 3.12. The Hall–Kier alpha value is -3.61. The van der Waals surface area contributed by atoms with Crippen molar-refractivity contribution in [2.75, 3.05) is 11.9 Å². The fraction of sp³-hybridized carbons (Fsp3) is 0.292. The van der Waals surface area contributed by atoms with Gasteiger partial charge in [-0.05, 0) is 44.2 Å².